The Hall–Kier alpha value is -1.15. The predicted octanol–water partition coefficient (Wildman–Crippen LogP) is 3.56. The molecule has 1 nitrogen and oxygen atoms in total. The number of fused-ring (bicyclic) bond motifs is 2. The van der Waals surface area contributed by atoms with Crippen LogP contribution in [0.25, 0.3) is 0 Å². The van der Waals surface area contributed by atoms with Gasteiger partial charge in [-0.3, -0.25) is 0 Å². The van der Waals surface area contributed by atoms with Gasteiger partial charge < -0.3 is 5.32 Å². The van der Waals surface area contributed by atoms with Crippen molar-refractivity contribution in [1.29, 1.82) is 0 Å². The van der Waals surface area contributed by atoms with Crippen LogP contribution in [-0.2, 0) is 6.42 Å². The second-order valence-corrected chi connectivity index (χ2v) is 6.18. The number of benzene rings is 1. The van der Waals surface area contributed by atoms with Crippen LogP contribution in [0.3, 0.4) is 0 Å². The van der Waals surface area contributed by atoms with Gasteiger partial charge in [-0.1, -0.05) is 24.3 Å². The number of halogens is 1. The Bertz CT molecular complexity index is 451. The molecule has 0 aliphatic heterocycles. The first kappa shape index (κ1) is 12.9. The van der Waals surface area contributed by atoms with Gasteiger partial charge >= 0.3 is 0 Å². The lowest BCUT2D eigenvalue weighted by molar-refractivity contribution is 0.389. The fourth-order valence-corrected chi connectivity index (χ4v) is 3.53. The second-order valence-electron chi connectivity index (χ2n) is 6.18. The van der Waals surface area contributed by atoms with Crippen LogP contribution < -0.4 is 5.32 Å². The third kappa shape index (κ3) is 3.06. The molecule has 2 aliphatic carbocycles. The highest BCUT2D eigenvalue weighted by Crippen LogP contribution is 2.42. The summed E-state index contributed by atoms with van der Waals surface area (Å²) in [5, 5.41) is 3.64. The van der Waals surface area contributed by atoms with Crippen molar-refractivity contribution in [2.75, 3.05) is 6.54 Å². The molecule has 2 aliphatic rings. The van der Waals surface area contributed by atoms with Crippen molar-refractivity contribution in [2.24, 2.45) is 17.8 Å². The third-order valence-electron chi connectivity index (χ3n) is 4.60. The summed E-state index contributed by atoms with van der Waals surface area (Å²) in [4.78, 5) is 0. The fourth-order valence-electron chi connectivity index (χ4n) is 3.53. The molecular weight excluding hydrogens is 237 g/mol. The highest BCUT2D eigenvalue weighted by Gasteiger charge is 2.35. The molecule has 1 N–H and O–H groups in total. The summed E-state index contributed by atoms with van der Waals surface area (Å²) in [6, 6.07) is 7.31. The summed E-state index contributed by atoms with van der Waals surface area (Å²) < 4.78 is 12.8. The smallest absolute Gasteiger partial charge is 0.123 e. The molecule has 19 heavy (non-hydrogen) atoms. The van der Waals surface area contributed by atoms with Gasteiger partial charge in [-0.15, -0.1) is 0 Å². The molecule has 2 bridgehead atoms. The number of rotatable bonds is 5. The maximum Gasteiger partial charge on any atom is 0.123 e. The minimum Gasteiger partial charge on any atom is -0.314 e. The standard InChI is InChI=1S/C17H22FN/c1-12(8-13-3-6-17(18)7-4-13)19-11-16-10-14-2-5-15(16)9-14/h2-7,12,14-16,19H,8-11H2,1H3. The van der Waals surface area contributed by atoms with Gasteiger partial charge in [0, 0.05) is 6.04 Å². The predicted molar refractivity (Wildman–Crippen MR) is 76.4 cm³/mol. The Kier molecular flexibility index (Phi) is 3.69. The molecule has 2 heteroatoms. The Labute approximate surface area is 114 Å². The van der Waals surface area contributed by atoms with Crippen LogP contribution in [0, 0.1) is 23.6 Å². The van der Waals surface area contributed by atoms with E-state index in [0.717, 1.165) is 30.7 Å². The lowest BCUT2D eigenvalue weighted by atomic mass is 9.93. The minimum atomic E-state index is -0.155. The topological polar surface area (TPSA) is 12.0 Å². The lowest BCUT2D eigenvalue weighted by Gasteiger charge is -2.22. The molecule has 0 saturated heterocycles. The maximum absolute atomic E-state index is 12.8. The molecule has 1 fully saturated rings. The van der Waals surface area contributed by atoms with E-state index in [9.17, 15) is 4.39 Å². The van der Waals surface area contributed by atoms with Gasteiger partial charge in [-0.05, 0) is 68.2 Å². The highest BCUT2D eigenvalue weighted by molar-refractivity contribution is 5.17. The van der Waals surface area contributed by atoms with Crippen LogP contribution >= 0.6 is 0 Å². The first-order valence-electron chi connectivity index (χ1n) is 7.37. The molecular formula is C17H22FN. The Morgan fingerprint density at radius 1 is 1.21 bits per heavy atom. The van der Waals surface area contributed by atoms with E-state index in [4.69, 9.17) is 0 Å². The van der Waals surface area contributed by atoms with E-state index >= 15 is 0 Å². The van der Waals surface area contributed by atoms with Crippen molar-refractivity contribution in [1.82, 2.24) is 5.32 Å². The van der Waals surface area contributed by atoms with Gasteiger partial charge in [0.05, 0.1) is 0 Å². The van der Waals surface area contributed by atoms with Crippen LogP contribution in [-0.4, -0.2) is 12.6 Å². The normalized spacial score (nSPS) is 29.9. The van der Waals surface area contributed by atoms with Gasteiger partial charge in [0.2, 0.25) is 0 Å². The monoisotopic (exact) mass is 259 g/mol. The Balaban J connectivity index is 1.45. The summed E-state index contributed by atoms with van der Waals surface area (Å²) >= 11 is 0. The average Bonchev–Trinajstić information content (AvgIpc) is 3.01. The summed E-state index contributed by atoms with van der Waals surface area (Å²) in [6.45, 7) is 3.33. The highest BCUT2D eigenvalue weighted by atomic mass is 19.1. The zero-order valence-corrected chi connectivity index (χ0v) is 11.5. The SMILES string of the molecule is CC(Cc1ccc(F)cc1)NCC1CC2C=CC1C2. The zero-order chi connectivity index (χ0) is 13.2. The van der Waals surface area contributed by atoms with E-state index in [-0.39, 0.29) is 5.82 Å². The van der Waals surface area contributed by atoms with Gasteiger partial charge in [-0.25, -0.2) is 4.39 Å². The van der Waals surface area contributed by atoms with E-state index in [1.807, 2.05) is 12.1 Å². The third-order valence-corrected chi connectivity index (χ3v) is 4.60. The molecule has 4 atom stereocenters. The van der Waals surface area contributed by atoms with Gasteiger partial charge in [0.15, 0.2) is 0 Å². The summed E-state index contributed by atoms with van der Waals surface area (Å²) in [7, 11) is 0. The summed E-state index contributed by atoms with van der Waals surface area (Å²) in [6.07, 6.45) is 8.50. The summed E-state index contributed by atoms with van der Waals surface area (Å²) in [5.41, 5.74) is 1.20. The van der Waals surface area contributed by atoms with Crippen molar-refractivity contribution in [3.63, 3.8) is 0 Å². The van der Waals surface area contributed by atoms with Crippen LogP contribution in [0.4, 0.5) is 4.39 Å². The molecule has 3 rings (SSSR count). The van der Waals surface area contributed by atoms with Crippen LogP contribution in [0.1, 0.15) is 25.3 Å². The Morgan fingerprint density at radius 2 is 2.00 bits per heavy atom. The van der Waals surface area contributed by atoms with Gasteiger partial charge in [0.25, 0.3) is 0 Å². The van der Waals surface area contributed by atoms with E-state index in [1.165, 1.54) is 18.4 Å². The van der Waals surface area contributed by atoms with Crippen molar-refractivity contribution in [2.45, 2.75) is 32.2 Å². The van der Waals surface area contributed by atoms with Crippen molar-refractivity contribution in [3.8, 4) is 0 Å². The van der Waals surface area contributed by atoms with Crippen LogP contribution in [0.5, 0.6) is 0 Å². The maximum atomic E-state index is 12.8. The minimum absolute atomic E-state index is 0.155. The molecule has 1 saturated carbocycles. The van der Waals surface area contributed by atoms with E-state index in [1.54, 1.807) is 12.1 Å². The fraction of sp³-hybridized carbons (Fsp3) is 0.529. The largest absolute Gasteiger partial charge is 0.314 e. The number of hydrogen-bond donors (Lipinski definition) is 1. The molecule has 0 heterocycles. The first-order valence-corrected chi connectivity index (χ1v) is 7.37. The van der Waals surface area contributed by atoms with Crippen LogP contribution in [0.15, 0.2) is 36.4 Å². The van der Waals surface area contributed by atoms with Crippen LogP contribution in [0.2, 0.25) is 0 Å². The van der Waals surface area contributed by atoms with Crippen molar-refractivity contribution in [3.05, 3.63) is 47.8 Å². The molecule has 102 valence electrons. The van der Waals surface area contributed by atoms with Crippen molar-refractivity contribution < 1.29 is 4.39 Å². The molecule has 1 aromatic rings. The number of nitrogens with one attached hydrogen (secondary N) is 1. The number of hydrogen-bond acceptors (Lipinski definition) is 1. The zero-order valence-electron chi connectivity index (χ0n) is 11.5. The quantitative estimate of drug-likeness (QED) is 0.797. The number of allylic oxidation sites excluding steroid dienone is 2. The van der Waals surface area contributed by atoms with Gasteiger partial charge in [-0.2, -0.15) is 0 Å². The van der Waals surface area contributed by atoms with Gasteiger partial charge in [0.1, 0.15) is 5.82 Å². The molecule has 1 aromatic carbocycles. The summed E-state index contributed by atoms with van der Waals surface area (Å²) in [5.74, 6) is 2.34. The molecule has 0 spiro atoms. The van der Waals surface area contributed by atoms with Crippen molar-refractivity contribution >= 4 is 0 Å². The molecule has 0 aromatic heterocycles. The van der Waals surface area contributed by atoms with E-state index < -0.39 is 0 Å². The molecule has 0 radical (unpaired) electrons. The molecule has 0 amide bonds. The molecule has 4 unspecified atom stereocenters. The van der Waals surface area contributed by atoms with E-state index in [2.05, 4.69) is 24.4 Å². The average molecular weight is 259 g/mol. The lowest BCUT2D eigenvalue weighted by Crippen LogP contribution is -2.34. The second kappa shape index (κ2) is 5.46. The van der Waals surface area contributed by atoms with E-state index in [0.29, 0.717) is 6.04 Å². The Morgan fingerprint density at radius 3 is 2.63 bits per heavy atom. The first-order chi connectivity index (χ1) is 9.20.